The number of carbonyl (C=O) groups is 1. The fourth-order valence-corrected chi connectivity index (χ4v) is 1.73. The Morgan fingerprint density at radius 3 is 2.21 bits per heavy atom. The smallest absolute Gasteiger partial charge is 0.216 e. The zero-order valence-electron chi connectivity index (χ0n) is 10.3. The average Bonchev–Trinajstić information content (AvgIpc) is 2.41. The first-order valence-corrected chi connectivity index (χ1v) is 6.12. The van der Waals surface area contributed by atoms with E-state index >= 15 is 0 Å². The molecule has 0 radical (unpaired) electrons. The van der Waals surface area contributed by atoms with Crippen LogP contribution in [0.2, 0.25) is 5.02 Å². The van der Waals surface area contributed by atoms with Crippen molar-refractivity contribution in [3.05, 3.63) is 69.9 Å². The fraction of sp³-hybridized carbons (Fsp3) is 0.0667. The highest BCUT2D eigenvalue weighted by molar-refractivity contribution is 6.30. The number of nitrogens with zero attached hydrogens (tertiary/aromatic N) is 1. The minimum atomic E-state index is -0.0225. The van der Waals surface area contributed by atoms with Crippen LogP contribution >= 0.6 is 11.6 Å². The monoisotopic (exact) mass is 273 g/mol. The molecule has 0 aromatic heterocycles. The Bertz CT molecular complexity index is 616. The number of hydrogen-bond acceptors (Lipinski definition) is 2. The van der Waals surface area contributed by atoms with Gasteiger partial charge >= 0.3 is 0 Å². The molecule has 0 spiro atoms. The van der Waals surface area contributed by atoms with Crippen LogP contribution in [0.25, 0.3) is 0 Å². The van der Waals surface area contributed by atoms with E-state index in [-0.39, 0.29) is 5.78 Å². The van der Waals surface area contributed by atoms with Gasteiger partial charge in [-0.2, -0.15) is 4.74 Å². The molecule has 96 valence electrons. The number of Topliss-reactive ketones (excluding diaryl/α,β-unsaturated/α-hetero) is 1. The second kappa shape index (κ2) is 5.67. The molecule has 0 saturated heterocycles. The molecule has 3 nitrogen and oxygen atoms in total. The third kappa shape index (κ3) is 3.42. The highest BCUT2D eigenvalue weighted by atomic mass is 35.5. The van der Waals surface area contributed by atoms with E-state index in [1.54, 1.807) is 48.5 Å². The maximum atomic E-state index is 11.9. The summed E-state index contributed by atoms with van der Waals surface area (Å²) in [6.45, 7) is 1.49. The number of ketones is 1. The Kier molecular flexibility index (Phi) is 3.97. The third-order valence-electron chi connectivity index (χ3n) is 2.66. The highest BCUT2D eigenvalue weighted by Crippen LogP contribution is 2.14. The molecular formula is C15H12ClNO2. The molecule has 0 aliphatic heterocycles. The number of benzene rings is 2. The van der Waals surface area contributed by atoms with Crippen molar-refractivity contribution in [2.24, 2.45) is 0 Å². The molecule has 0 heterocycles. The van der Waals surface area contributed by atoms with Gasteiger partial charge in [0.25, 0.3) is 0 Å². The highest BCUT2D eigenvalue weighted by Gasteiger charge is 2.04. The third-order valence-corrected chi connectivity index (χ3v) is 2.92. The Labute approximate surface area is 116 Å². The molecule has 0 aliphatic carbocycles. The molecule has 0 unspecified atom stereocenters. The van der Waals surface area contributed by atoms with Crippen molar-refractivity contribution in [3.8, 4) is 0 Å². The van der Waals surface area contributed by atoms with Crippen molar-refractivity contribution in [2.45, 2.75) is 6.92 Å². The molecule has 2 aromatic rings. The van der Waals surface area contributed by atoms with Gasteiger partial charge in [-0.3, -0.25) is 4.79 Å². The van der Waals surface area contributed by atoms with Gasteiger partial charge in [-0.15, -0.1) is 0 Å². The Hall–Kier alpha value is -2.13. The maximum Gasteiger partial charge on any atom is 0.216 e. The van der Waals surface area contributed by atoms with Crippen LogP contribution in [-0.4, -0.2) is 16.7 Å². The first kappa shape index (κ1) is 13.3. The zero-order chi connectivity index (χ0) is 13.8. The molecule has 0 aliphatic rings. The van der Waals surface area contributed by atoms with Crippen LogP contribution in [0.15, 0.2) is 48.5 Å². The van der Waals surface area contributed by atoms with Gasteiger partial charge in [0.1, 0.15) is 0 Å². The van der Waals surface area contributed by atoms with Crippen molar-refractivity contribution in [3.63, 3.8) is 0 Å². The summed E-state index contributed by atoms with van der Waals surface area (Å²) in [5, 5.41) is 12.5. The molecule has 0 fully saturated rings. The lowest BCUT2D eigenvalue weighted by Crippen LogP contribution is -1.99. The van der Waals surface area contributed by atoms with E-state index in [0.717, 1.165) is 10.3 Å². The van der Waals surface area contributed by atoms with Gasteiger partial charge in [0.2, 0.25) is 5.69 Å². The molecule has 0 N–H and O–H groups in total. The summed E-state index contributed by atoms with van der Waals surface area (Å²) in [7, 11) is 0. The van der Waals surface area contributed by atoms with Gasteiger partial charge in [-0.1, -0.05) is 11.6 Å². The summed E-state index contributed by atoms with van der Waals surface area (Å²) < 4.78 is 0.757. The Morgan fingerprint density at radius 1 is 1.11 bits per heavy atom. The number of rotatable bonds is 3. The molecule has 4 heteroatoms. The standard InChI is InChI=1S/C15H12ClNO2/c1-11(18)13-4-8-15(9-5-13)17(19)10-12-2-6-14(16)7-3-12/h2-10H,1H3. The summed E-state index contributed by atoms with van der Waals surface area (Å²) in [4.78, 5) is 11.1. The van der Waals surface area contributed by atoms with Crippen molar-refractivity contribution in [1.82, 2.24) is 0 Å². The molecule has 0 saturated carbocycles. The van der Waals surface area contributed by atoms with E-state index in [4.69, 9.17) is 11.6 Å². The second-order valence-electron chi connectivity index (χ2n) is 4.11. The molecule has 0 amide bonds. The number of carbonyl (C=O) groups excluding carboxylic acids is 1. The molecule has 2 rings (SSSR count). The normalized spacial score (nSPS) is 11.4. The van der Waals surface area contributed by atoms with E-state index in [1.807, 2.05) is 0 Å². The predicted octanol–water partition coefficient (Wildman–Crippen LogP) is 3.80. The van der Waals surface area contributed by atoms with Gasteiger partial charge in [0, 0.05) is 28.3 Å². The Morgan fingerprint density at radius 2 is 1.68 bits per heavy atom. The van der Waals surface area contributed by atoms with Crippen LogP contribution in [0, 0.1) is 5.21 Å². The van der Waals surface area contributed by atoms with Crippen LogP contribution in [-0.2, 0) is 0 Å². The lowest BCUT2D eigenvalue weighted by atomic mass is 10.1. The van der Waals surface area contributed by atoms with E-state index in [9.17, 15) is 10.0 Å². The van der Waals surface area contributed by atoms with Crippen molar-refractivity contribution in [2.75, 3.05) is 0 Å². The van der Waals surface area contributed by atoms with Crippen molar-refractivity contribution in [1.29, 1.82) is 0 Å². The first-order chi connectivity index (χ1) is 9.06. The lowest BCUT2D eigenvalue weighted by molar-refractivity contribution is -0.354. The van der Waals surface area contributed by atoms with E-state index in [0.29, 0.717) is 16.3 Å². The zero-order valence-corrected chi connectivity index (χ0v) is 11.1. The summed E-state index contributed by atoms with van der Waals surface area (Å²) in [6, 6.07) is 13.5. The summed E-state index contributed by atoms with van der Waals surface area (Å²) >= 11 is 5.77. The topological polar surface area (TPSA) is 43.1 Å². The molecule has 19 heavy (non-hydrogen) atoms. The first-order valence-electron chi connectivity index (χ1n) is 5.74. The quantitative estimate of drug-likeness (QED) is 0.281. The Balaban J connectivity index is 2.25. The maximum absolute atomic E-state index is 11.9. The minimum Gasteiger partial charge on any atom is -0.618 e. The molecular weight excluding hydrogens is 262 g/mol. The summed E-state index contributed by atoms with van der Waals surface area (Å²) in [5.41, 5.74) is 1.82. The SMILES string of the molecule is CC(=O)c1ccc([N+]([O-])=Cc2ccc(Cl)cc2)cc1. The van der Waals surface area contributed by atoms with Gasteiger partial charge in [-0.25, -0.2) is 0 Å². The largest absolute Gasteiger partial charge is 0.618 e. The van der Waals surface area contributed by atoms with Gasteiger partial charge in [0.05, 0.1) is 0 Å². The van der Waals surface area contributed by atoms with Gasteiger partial charge in [-0.05, 0) is 43.3 Å². The minimum absolute atomic E-state index is 0.0225. The van der Waals surface area contributed by atoms with Crippen LogP contribution < -0.4 is 0 Å². The molecule has 0 atom stereocenters. The predicted molar refractivity (Wildman–Crippen MR) is 76.4 cm³/mol. The van der Waals surface area contributed by atoms with Crippen molar-refractivity contribution < 1.29 is 9.53 Å². The van der Waals surface area contributed by atoms with E-state index < -0.39 is 0 Å². The van der Waals surface area contributed by atoms with Gasteiger partial charge in [0.15, 0.2) is 12.0 Å². The van der Waals surface area contributed by atoms with E-state index in [2.05, 4.69) is 0 Å². The molecule has 2 aromatic carbocycles. The summed E-state index contributed by atoms with van der Waals surface area (Å²) in [6.07, 6.45) is 1.46. The summed E-state index contributed by atoms with van der Waals surface area (Å²) in [5.74, 6) is -0.0225. The van der Waals surface area contributed by atoms with Gasteiger partial charge < -0.3 is 5.21 Å². The molecule has 0 bridgehead atoms. The number of halogens is 1. The van der Waals surface area contributed by atoms with Crippen LogP contribution in [0.4, 0.5) is 5.69 Å². The fourth-order valence-electron chi connectivity index (χ4n) is 1.60. The number of hydrogen-bond donors (Lipinski definition) is 0. The van der Waals surface area contributed by atoms with E-state index in [1.165, 1.54) is 13.1 Å². The average molecular weight is 274 g/mol. The second-order valence-corrected chi connectivity index (χ2v) is 4.55. The van der Waals surface area contributed by atoms with Crippen LogP contribution in [0.3, 0.4) is 0 Å². The lowest BCUT2D eigenvalue weighted by Gasteiger charge is -2.03. The van der Waals surface area contributed by atoms with Crippen LogP contribution in [0.5, 0.6) is 0 Å². The van der Waals surface area contributed by atoms with Crippen LogP contribution in [0.1, 0.15) is 22.8 Å². The van der Waals surface area contributed by atoms with Crippen molar-refractivity contribution >= 4 is 29.3 Å².